The third-order valence-corrected chi connectivity index (χ3v) is 3.42. The van der Waals surface area contributed by atoms with Crippen LogP contribution in [0, 0.1) is 0 Å². The van der Waals surface area contributed by atoms with Crippen molar-refractivity contribution in [2.24, 2.45) is 5.73 Å². The lowest BCUT2D eigenvalue weighted by molar-refractivity contribution is -0.143. The highest BCUT2D eigenvalue weighted by Crippen LogP contribution is 2.24. The monoisotopic (exact) mass is 303 g/mol. The Morgan fingerprint density at radius 2 is 1.90 bits per heavy atom. The van der Waals surface area contributed by atoms with Crippen LogP contribution in [0.15, 0.2) is 48.5 Å². The van der Waals surface area contributed by atoms with Crippen molar-refractivity contribution in [1.29, 1.82) is 0 Å². The molecule has 3 nitrogen and oxygen atoms in total. The molecule has 2 N–H and O–H groups in total. The number of carbonyl (C=O) groups excluding carboxylic acids is 1. The van der Waals surface area contributed by atoms with Gasteiger partial charge in [0.05, 0.1) is 13.0 Å². The van der Waals surface area contributed by atoms with Gasteiger partial charge in [-0.15, -0.1) is 0 Å². The predicted molar refractivity (Wildman–Crippen MR) is 85.1 cm³/mol. The van der Waals surface area contributed by atoms with Crippen LogP contribution in [0.1, 0.15) is 24.9 Å². The Labute approximate surface area is 129 Å². The molecule has 0 aliphatic heterocycles. The molecular weight excluding hydrogens is 286 g/mol. The molecular formula is C17H18ClNO2. The number of halogens is 1. The second-order valence-electron chi connectivity index (χ2n) is 4.75. The molecule has 0 heterocycles. The van der Waals surface area contributed by atoms with Crippen LogP contribution in [-0.2, 0) is 9.53 Å². The van der Waals surface area contributed by atoms with Crippen molar-refractivity contribution < 1.29 is 9.53 Å². The molecule has 0 fully saturated rings. The van der Waals surface area contributed by atoms with Crippen molar-refractivity contribution in [3.8, 4) is 11.1 Å². The summed E-state index contributed by atoms with van der Waals surface area (Å²) in [4.78, 5) is 11.4. The van der Waals surface area contributed by atoms with Gasteiger partial charge in [0.25, 0.3) is 0 Å². The van der Waals surface area contributed by atoms with Crippen molar-refractivity contribution in [1.82, 2.24) is 0 Å². The lowest BCUT2D eigenvalue weighted by Gasteiger charge is -2.12. The van der Waals surface area contributed by atoms with Gasteiger partial charge in [-0.1, -0.05) is 48.0 Å². The molecule has 110 valence electrons. The number of benzene rings is 2. The molecule has 0 amide bonds. The summed E-state index contributed by atoms with van der Waals surface area (Å²) in [5.41, 5.74) is 9.04. The van der Waals surface area contributed by atoms with Crippen molar-refractivity contribution >= 4 is 17.6 Å². The summed E-state index contributed by atoms with van der Waals surface area (Å²) in [7, 11) is 0. The van der Waals surface area contributed by atoms with Crippen molar-refractivity contribution in [2.75, 3.05) is 6.61 Å². The van der Waals surface area contributed by atoms with Gasteiger partial charge < -0.3 is 10.5 Å². The van der Waals surface area contributed by atoms with Crippen LogP contribution in [-0.4, -0.2) is 12.6 Å². The first-order valence-corrected chi connectivity index (χ1v) is 7.25. The number of rotatable bonds is 5. The van der Waals surface area contributed by atoms with E-state index < -0.39 is 0 Å². The van der Waals surface area contributed by atoms with E-state index >= 15 is 0 Å². The molecule has 0 bridgehead atoms. The number of nitrogens with two attached hydrogens (primary N) is 1. The molecule has 1 unspecified atom stereocenters. The molecule has 0 aliphatic carbocycles. The van der Waals surface area contributed by atoms with E-state index in [1.165, 1.54) is 0 Å². The largest absolute Gasteiger partial charge is 0.466 e. The van der Waals surface area contributed by atoms with Crippen molar-refractivity contribution in [3.05, 3.63) is 59.1 Å². The average Bonchev–Trinajstić information content (AvgIpc) is 2.47. The number of carbonyl (C=O) groups is 1. The second-order valence-corrected chi connectivity index (χ2v) is 5.18. The van der Waals surface area contributed by atoms with Gasteiger partial charge in [-0.2, -0.15) is 0 Å². The maximum absolute atomic E-state index is 11.4. The molecule has 0 saturated carbocycles. The highest BCUT2D eigenvalue weighted by atomic mass is 35.5. The van der Waals surface area contributed by atoms with E-state index in [0.29, 0.717) is 11.6 Å². The van der Waals surface area contributed by atoms with Crippen LogP contribution >= 0.6 is 11.6 Å². The molecule has 0 radical (unpaired) electrons. The molecule has 1 atom stereocenters. The number of esters is 1. The Morgan fingerprint density at radius 3 is 2.52 bits per heavy atom. The minimum Gasteiger partial charge on any atom is -0.466 e. The summed E-state index contributed by atoms with van der Waals surface area (Å²) < 4.78 is 4.91. The topological polar surface area (TPSA) is 52.3 Å². The van der Waals surface area contributed by atoms with Gasteiger partial charge in [0.2, 0.25) is 0 Å². The quantitative estimate of drug-likeness (QED) is 0.851. The lowest BCUT2D eigenvalue weighted by Crippen LogP contribution is -2.17. The van der Waals surface area contributed by atoms with Crippen LogP contribution in [0.3, 0.4) is 0 Å². The highest BCUT2D eigenvalue weighted by molar-refractivity contribution is 6.30. The molecule has 21 heavy (non-hydrogen) atoms. The summed E-state index contributed by atoms with van der Waals surface area (Å²) in [6, 6.07) is 15.1. The van der Waals surface area contributed by atoms with Crippen LogP contribution in [0.4, 0.5) is 0 Å². The van der Waals surface area contributed by atoms with E-state index in [1.807, 2.05) is 48.5 Å². The molecule has 4 heteroatoms. The van der Waals surface area contributed by atoms with E-state index in [9.17, 15) is 4.79 Å². The molecule has 2 rings (SSSR count). The number of hydrogen-bond acceptors (Lipinski definition) is 3. The Balaban J connectivity index is 2.10. The fourth-order valence-corrected chi connectivity index (χ4v) is 2.30. The first-order chi connectivity index (χ1) is 10.1. The Kier molecular flexibility index (Phi) is 5.37. The first-order valence-electron chi connectivity index (χ1n) is 6.87. The van der Waals surface area contributed by atoms with Gasteiger partial charge >= 0.3 is 5.97 Å². The van der Waals surface area contributed by atoms with Gasteiger partial charge in [0.15, 0.2) is 0 Å². The highest BCUT2D eigenvalue weighted by Gasteiger charge is 2.12. The van der Waals surface area contributed by atoms with Gasteiger partial charge in [0, 0.05) is 11.1 Å². The smallest absolute Gasteiger partial charge is 0.307 e. The molecule has 2 aromatic carbocycles. The van der Waals surface area contributed by atoms with Crippen molar-refractivity contribution in [2.45, 2.75) is 19.4 Å². The fraction of sp³-hybridized carbons (Fsp3) is 0.235. The maximum Gasteiger partial charge on any atom is 0.307 e. The van der Waals surface area contributed by atoms with Gasteiger partial charge in [0.1, 0.15) is 0 Å². The van der Waals surface area contributed by atoms with Crippen LogP contribution in [0.5, 0.6) is 0 Å². The maximum atomic E-state index is 11.4. The lowest BCUT2D eigenvalue weighted by atomic mass is 10.00. The third-order valence-electron chi connectivity index (χ3n) is 3.19. The van der Waals surface area contributed by atoms with Crippen LogP contribution in [0.25, 0.3) is 11.1 Å². The van der Waals surface area contributed by atoms with E-state index in [-0.39, 0.29) is 18.4 Å². The average molecular weight is 304 g/mol. The van der Waals surface area contributed by atoms with Gasteiger partial charge in [-0.3, -0.25) is 4.79 Å². The summed E-state index contributed by atoms with van der Waals surface area (Å²) in [5.74, 6) is -0.274. The summed E-state index contributed by atoms with van der Waals surface area (Å²) in [6.07, 6.45) is 0.185. The Hall–Kier alpha value is -1.84. The molecule has 2 aromatic rings. The first kappa shape index (κ1) is 15.5. The van der Waals surface area contributed by atoms with E-state index in [1.54, 1.807) is 6.92 Å². The summed E-state index contributed by atoms with van der Waals surface area (Å²) in [5, 5.41) is 0.704. The van der Waals surface area contributed by atoms with Crippen LogP contribution < -0.4 is 5.73 Å². The number of ether oxygens (including phenoxy) is 1. The summed E-state index contributed by atoms with van der Waals surface area (Å²) in [6.45, 7) is 2.16. The molecule has 0 saturated heterocycles. The number of hydrogen-bond donors (Lipinski definition) is 1. The zero-order chi connectivity index (χ0) is 15.2. The van der Waals surface area contributed by atoms with E-state index in [4.69, 9.17) is 22.1 Å². The molecule has 0 aliphatic rings. The standard InChI is InChI=1S/C17H18ClNO2/c1-2-21-17(20)11-16(19)13-8-6-12(7-9-13)14-4-3-5-15(18)10-14/h3-10,16H,2,11,19H2,1H3. The normalized spacial score (nSPS) is 12.0. The minimum atomic E-state index is -0.350. The second kappa shape index (κ2) is 7.25. The minimum absolute atomic E-state index is 0.185. The van der Waals surface area contributed by atoms with E-state index in [0.717, 1.165) is 16.7 Å². The SMILES string of the molecule is CCOC(=O)CC(N)c1ccc(-c2cccc(Cl)c2)cc1. The molecule has 0 aromatic heterocycles. The zero-order valence-electron chi connectivity index (χ0n) is 11.9. The van der Waals surface area contributed by atoms with Crippen LogP contribution in [0.2, 0.25) is 5.02 Å². The fourth-order valence-electron chi connectivity index (χ4n) is 2.11. The molecule has 0 spiro atoms. The Bertz CT molecular complexity index is 610. The van der Waals surface area contributed by atoms with Gasteiger partial charge in [-0.25, -0.2) is 0 Å². The van der Waals surface area contributed by atoms with E-state index in [2.05, 4.69) is 0 Å². The zero-order valence-corrected chi connectivity index (χ0v) is 12.6. The predicted octanol–water partition coefficient (Wildman–Crippen LogP) is 3.96. The summed E-state index contributed by atoms with van der Waals surface area (Å²) >= 11 is 5.99. The third kappa shape index (κ3) is 4.31. The Morgan fingerprint density at radius 1 is 1.19 bits per heavy atom. The van der Waals surface area contributed by atoms with Crippen molar-refractivity contribution in [3.63, 3.8) is 0 Å². The van der Waals surface area contributed by atoms with Gasteiger partial charge in [-0.05, 0) is 35.7 Å².